The minimum atomic E-state index is -4.53. The molecule has 7 nitrogen and oxygen atoms in total. The third-order valence-corrected chi connectivity index (χ3v) is 8.35. The largest absolute Gasteiger partial charge is 0.420 e. The number of nitrogens with zero attached hydrogens (tertiary/aromatic N) is 5. The Kier molecular flexibility index (Phi) is 5.81. The summed E-state index contributed by atoms with van der Waals surface area (Å²) in [6.07, 6.45) is 3.38. The fourth-order valence-corrected chi connectivity index (χ4v) is 6.12. The Balaban J connectivity index is 1.34. The van der Waals surface area contributed by atoms with Crippen molar-refractivity contribution < 1.29 is 13.2 Å². The van der Waals surface area contributed by atoms with E-state index < -0.39 is 11.7 Å². The van der Waals surface area contributed by atoms with E-state index >= 15 is 0 Å². The molecule has 0 radical (unpaired) electrons. The number of rotatable bonds is 5. The van der Waals surface area contributed by atoms with Crippen molar-refractivity contribution in [2.75, 3.05) is 32.0 Å². The van der Waals surface area contributed by atoms with Crippen LogP contribution in [0.3, 0.4) is 0 Å². The van der Waals surface area contributed by atoms with Crippen LogP contribution in [0.15, 0.2) is 18.5 Å². The second kappa shape index (κ2) is 8.86. The van der Waals surface area contributed by atoms with Gasteiger partial charge in [0.05, 0.1) is 28.0 Å². The minimum Gasteiger partial charge on any atom is -0.321 e. The second-order valence-electron chi connectivity index (χ2n) is 9.78. The summed E-state index contributed by atoms with van der Waals surface area (Å²) in [4.78, 5) is 12.4. The maximum absolute atomic E-state index is 13.9. The SMILES string of the molecule is CN1CCC(n2cc(Nc3ncc(C(F)(F)F)c(-c4cc5c(s4)CCNC5)n3)c(C3CC3)n2)CC1. The van der Waals surface area contributed by atoms with Gasteiger partial charge in [0.2, 0.25) is 5.95 Å². The third-order valence-electron chi connectivity index (χ3n) is 7.10. The summed E-state index contributed by atoms with van der Waals surface area (Å²) >= 11 is 1.40. The molecule has 0 bridgehead atoms. The van der Waals surface area contributed by atoms with Crippen molar-refractivity contribution in [2.45, 2.75) is 56.8 Å². The molecule has 3 aliphatic rings. The van der Waals surface area contributed by atoms with Crippen molar-refractivity contribution in [3.63, 3.8) is 0 Å². The lowest BCUT2D eigenvalue weighted by Crippen LogP contribution is -2.31. The molecule has 2 aliphatic heterocycles. The highest BCUT2D eigenvalue weighted by molar-refractivity contribution is 7.15. The quantitative estimate of drug-likeness (QED) is 0.513. The second-order valence-corrected chi connectivity index (χ2v) is 10.9. The lowest BCUT2D eigenvalue weighted by atomic mass is 10.1. The first-order valence-corrected chi connectivity index (χ1v) is 13.0. The van der Waals surface area contributed by atoms with Gasteiger partial charge in [0.1, 0.15) is 5.56 Å². The van der Waals surface area contributed by atoms with E-state index in [0.29, 0.717) is 23.4 Å². The Morgan fingerprint density at radius 2 is 1.97 bits per heavy atom. The van der Waals surface area contributed by atoms with Gasteiger partial charge < -0.3 is 15.5 Å². The highest BCUT2D eigenvalue weighted by Crippen LogP contribution is 2.44. The minimum absolute atomic E-state index is 0.0647. The molecule has 11 heteroatoms. The zero-order valence-electron chi connectivity index (χ0n) is 19.5. The normalized spacial score (nSPS) is 19.7. The average Bonchev–Trinajstić information content (AvgIpc) is 3.44. The van der Waals surface area contributed by atoms with Crippen LogP contribution in [0.1, 0.15) is 59.3 Å². The van der Waals surface area contributed by atoms with E-state index in [1.165, 1.54) is 11.3 Å². The Labute approximate surface area is 205 Å². The molecule has 1 saturated carbocycles. The Hall–Kier alpha value is -2.50. The molecule has 0 unspecified atom stereocenters. The van der Waals surface area contributed by atoms with Crippen LogP contribution >= 0.6 is 11.3 Å². The number of halogens is 3. The predicted octanol–water partition coefficient (Wildman–Crippen LogP) is 4.95. The summed E-state index contributed by atoms with van der Waals surface area (Å²) in [6.45, 7) is 3.56. The molecule has 1 aliphatic carbocycles. The molecular weight excluding hydrogens is 475 g/mol. The van der Waals surface area contributed by atoms with Crippen molar-refractivity contribution in [1.82, 2.24) is 30.0 Å². The van der Waals surface area contributed by atoms with E-state index in [-0.39, 0.29) is 11.6 Å². The Bertz CT molecular complexity index is 1200. The molecule has 35 heavy (non-hydrogen) atoms. The molecule has 0 amide bonds. The zero-order valence-corrected chi connectivity index (χ0v) is 20.3. The number of piperidine rings is 1. The number of alkyl halides is 3. The van der Waals surface area contributed by atoms with Crippen molar-refractivity contribution in [1.29, 1.82) is 0 Å². The highest BCUT2D eigenvalue weighted by atomic mass is 32.1. The summed E-state index contributed by atoms with van der Waals surface area (Å²) < 4.78 is 43.6. The summed E-state index contributed by atoms with van der Waals surface area (Å²) in [6, 6.07) is 2.16. The molecule has 6 rings (SSSR count). The average molecular weight is 504 g/mol. The summed E-state index contributed by atoms with van der Waals surface area (Å²) in [5, 5.41) is 11.4. The van der Waals surface area contributed by atoms with Gasteiger partial charge in [-0.3, -0.25) is 4.68 Å². The molecule has 2 fully saturated rings. The van der Waals surface area contributed by atoms with Gasteiger partial charge in [-0.05, 0) is 63.9 Å². The van der Waals surface area contributed by atoms with E-state index in [2.05, 4.69) is 32.5 Å². The van der Waals surface area contributed by atoms with Crippen LogP contribution < -0.4 is 10.6 Å². The van der Waals surface area contributed by atoms with Gasteiger partial charge in [0.25, 0.3) is 0 Å². The molecule has 3 aromatic heterocycles. The van der Waals surface area contributed by atoms with Gasteiger partial charge in [-0.1, -0.05) is 0 Å². The van der Waals surface area contributed by atoms with Crippen LogP contribution in [0, 0.1) is 0 Å². The number of nitrogens with one attached hydrogen (secondary N) is 2. The van der Waals surface area contributed by atoms with Crippen molar-refractivity contribution in [3.8, 4) is 10.6 Å². The van der Waals surface area contributed by atoms with Gasteiger partial charge in [-0.25, -0.2) is 9.97 Å². The molecule has 0 spiro atoms. The molecular formula is C24H28F3N7S. The van der Waals surface area contributed by atoms with E-state index in [9.17, 15) is 13.2 Å². The van der Waals surface area contributed by atoms with Crippen molar-refractivity contribution >= 4 is 23.0 Å². The first-order chi connectivity index (χ1) is 16.8. The standard InChI is InChI=1S/C24H28F3N7S/c1-33-8-5-16(6-9-33)34-13-18(21(32-34)14-2-3-14)30-23-29-12-17(24(25,26)27)22(31-23)20-10-15-11-28-7-4-19(15)35-20/h10,12-14,16,28H,2-9,11H2,1H3,(H,29,30,31). The van der Waals surface area contributed by atoms with Crippen molar-refractivity contribution in [2.24, 2.45) is 0 Å². The molecule has 0 aromatic carbocycles. The molecule has 1 saturated heterocycles. The van der Waals surface area contributed by atoms with Crippen LogP contribution in [-0.4, -0.2) is 51.3 Å². The third kappa shape index (κ3) is 4.68. The lowest BCUT2D eigenvalue weighted by Gasteiger charge is -2.29. The molecule has 2 N–H and O–H groups in total. The number of hydrogen-bond acceptors (Lipinski definition) is 7. The monoisotopic (exact) mass is 503 g/mol. The first-order valence-electron chi connectivity index (χ1n) is 12.2. The maximum atomic E-state index is 13.9. The number of hydrogen-bond donors (Lipinski definition) is 2. The van der Waals surface area contributed by atoms with Gasteiger partial charge in [-0.15, -0.1) is 11.3 Å². The Morgan fingerprint density at radius 3 is 2.69 bits per heavy atom. The number of fused-ring (bicyclic) bond motifs is 1. The number of thiophene rings is 1. The van der Waals surface area contributed by atoms with Crippen LogP contribution in [0.2, 0.25) is 0 Å². The van der Waals surface area contributed by atoms with Crippen LogP contribution in [0.4, 0.5) is 24.8 Å². The van der Waals surface area contributed by atoms with Gasteiger partial charge in [0.15, 0.2) is 0 Å². The molecule has 0 atom stereocenters. The van der Waals surface area contributed by atoms with Crippen molar-refractivity contribution in [3.05, 3.63) is 40.2 Å². The predicted molar refractivity (Wildman–Crippen MR) is 129 cm³/mol. The lowest BCUT2D eigenvalue weighted by molar-refractivity contribution is -0.137. The van der Waals surface area contributed by atoms with E-state index in [1.54, 1.807) is 0 Å². The van der Waals surface area contributed by atoms with Gasteiger partial charge in [-0.2, -0.15) is 18.3 Å². The van der Waals surface area contributed by atoms with E-state index in [4.69, 9.17) is 5.10 Å². The first kappa shape index (κ1) is 22.9. The number of aromatic nitrogens is 4. The van der Waals surface area contributed by atoms with Gasteiger partial charge >= 0.3 is 6.18 Å². The summed E-state index contributed by atoms with van der Waals surface area (Å²) in [7, 11) is 2.13. The highest BCUT2D eigenvalue weighted by Gasteiger charge is 2.37. The summed E-state index contributed by atoms with van der Waals surface area (Å²) in [5.41, 5.74) is 1.94. The van der Waals surface area contributed by atoms with E-state index in [0.717, 1.165) is 79.8 Å². The zero-order chi connectivity index (χ0) is 24.2. The number of likely N-dealkylation sites (tertiary alicyclic amines) is 1. The van der Waals surface area contributed by atoms with Crippen LogP contribution in [0.5, 0.6) is 0 Å². The van der Waals surface area contributed by atoms with E-state index in [1.807, 2.05) is 16.9 Å². The maximum Gasteiger partial charge on any atom is 0.420 e. The molecule has 186 valence electrons. The fraction of sp³-hybridized carbons (Fsp3) is 0.542. The fourth-order valence-electron chi connectivity index (χ4n) is 4.93. The number of anilines is 2. The molecule has 3 aromatic rings. The topological polar surface area (TPSA) is 70.9 Å². The molecule has 5 heterocycles. The Morgan fingerprint density at radius 1 is 1.17 bits per heavy atom. The van der Waals surface area contributed by atoms with Crippen LogP contribution in [-0.2, 0) is 19.1 Å². The van der Waals surface area contributed by atoms with Gasteiger partial charge in [0, 0.05) is 36.3 Å². The smallest absolute Gasteiger partial charge is 0.321 e. The van der Waals surface area contributed by atoms with Crippen LogP contribution in [0.25, 0.3) is 10.6 Å². The summed E-state index contributed by atoms with van der Waals surface area (Å²) in [5.74, 6) is 0.553.